The highest BCUT2D eigenvalue weighted by atomic mass is 79.9. The molecule has 19 heavy (non-hydrogen) atoms. The van der Waals surface area contributed by atoms with Crippen LogP contribution in [0.5, 0.6) is 0 Å². The molecule has 0 aromatic heterocycles. The van der Waals surface area contributed by atoms with Crippen molar-refractivity contribution in [2.75, 3.05) is 11.9 Å². The van der Waals surface area contributed by atoms with Gasteiger partial charge in [0.05, 0.1) is 11.6 Å². The van der Waals surface area contributed by atoms with Crippen LogP contribution in [0.1, 0.15) is 11.1 Å². The Morgan fingerprint density at radius 2 is 2.05 bits per heavy atom. The van der Waals surface area contributed by atoms with Crippen molar-refractivity contribution in [3.63, 3.8) is 0 Å². The lowest BCUT2D eigenvalue weighted by Crippen LogP contribution is -2.16. The highest BCUT2D eigenvalue weighted by Crippen LogP contribution is 2.24. The molecule has 0 atom stereocenters. The first-order valence-corrected chi connectivity index (χ1v) is 6.92. The second-order valence-electron chi connectivity index (χ2n) is 4.25. The maximum atomic E-state index is 8.91. The van der Waals surface area contributed by atoms with Gasteiger partial charge in [-0.25, -0.2) is 0 Å². The van der Waals surface area contributed by atoms with E-state index in [1.165, 1.54) is 0 Å². The molecule has 0 fully saturated rings. The van der Waals surface area contributed by atoms with Crippen LogP contribution >= 0.6 is 27.5 Å². The van der Waals surface area contributed by atoms with Crippen LogP contribution < -0.4 is 4.90 Å². The molecule has 0 saturated carbocycles. The predicted molar refractivity (Wildman–Crippen MR) is 82.4 cm³/mol. The normalized spacial score (nSPS) is 10.0. The molecule has 0 aliphatic rings. The second kappa shape index (κ2) is 6.10. The summed E-state index contributed by atoms with van der Waals surface area (Å²) in [7, 11) is 1.98. The molecule has 2 aromatic carbocycles. The van der Waals surface area contributed by atoms with Crippen molar-refractivity contribution in [3.05, 3.63) is 63.1 Å². The SMILES string of the molecule is CN(Cc1ccc(Br)cc1Cl)c1cccc(C#N)c1. The van der Waals surface area contributed by atoms with Gasteiger partial charge in [0.25, 0.3) is 0 Å². The number of anilines is 1. The van der Waals surface area contributed by atoms with Gasteiger partial charge in [-0.1, -0.05) is 39.7 Å². The van der Waals surface area contributed by atoms with E-state index in [9.17, 15) is 0 Å². The fraction of sp³-hybridized carbons (Fsp3) is 0.133. The summed E-state index contributed by atoms with van der Waals surface area (Å²) in [6.07, 6.45) is 0. The molecular weight excluding hydrogens is 324 g/mol. The Morgan fingerprint density at radius 3 is 2.74 bits per heavy atom. The van der Waals surface area contributed by atoms with Gasteiger partial charge >= 0.3 is 0 Å². The average Bonchev–Trinajstić information content (AvgIpc) is 2.42. The topological polar surface area (TPSA) is 27.0 Å². The van der Waals surface area contributed by atoms with E-state index >= 15 is 0 Å². The summed E-state index contributed by atoms with van der Waals surface area (Å²) in [4.78, 5) is 2.07. The summed E-state index contributed by atoms with van der Waals surface area (Å²) in [5.41, 5.74) is 2.71. The number of benzene rings is 2. The van der Waals surface area contributed by atoms with E-state index in [0.29, 0.717) is 12.1 Å². The maximum Gasteiger partial charge on any atom is 0.0992 e. The van der Waals surface area contributed by atoms with Crippen LogP contribution in [-0.2, 0) is 6.54 Å². The molecule has 96 valence electrons. The van der Waals surface area contributed by atoms with Gasteiger partial charge in [-0.2, -0.15) is 5.26 Å². The lowest BCUT2D eigenvalue weighted by molar-refractivity contribution is 0.922. The Kier molecular flexibility index (Phi) is 4.47. The van der Waals surface area contributed by atoms with Crippen LogP contribution in [0.15, 0.2) is 46.9 Å². The Labute approximate surface area is 126 Å². The van der Waals surface area contributed by atoms with Gasteiger partial charge in [0, 0.05) is 28.8 Å². The van der Waals surface area contributed by atoms with Gasteiger partial charge in [-0.3, -0.25) is 0 Å². The van der Waals surface area contributed by atoms with Crippen LogP contribution in [0, 0.1) is 11.3 Å². The summed E-state index contributed by atoms with van der Waals surface area (Å²) in [5, 5.41) is 9.65. The molecule has 0 unspecified atom stereocenters. The monoisotopic (exact) mass is 334 g/mol. The zero-order valence-corrected chi connectivity index (χ0v) is 12.7. The van der Waals surface area contributed by atoms with Crippen molar-refractivity contribution >= 4 is 33.2 Å². The molecule has 0 aliphatic carbocycles. The Hall–Kier alpha value is -1.50. The van der Waals surface area contributed by atoms with Crippen molar-refractivity contribution in [2.45, 2.75) is 6.54 Å². The lowest BCUT2D eigenvalue weighted by atomic mass is 10.1. The van der Waals surface area contributed by atoms with E-state index in [0.717, 1.165) is 20.7 Å². The zero-order chi connectivity index (χ0) is 13.8. The third kappa shape index (κ3) is 3.50. The van der Waals surface area contributed by atoms with Gasteiger partial charge in [-0.05, 0) is 35.9 Å². The average molecular weight is 336 g/mol. The maximum absolute atomic E-state index is 8.91. The molecule has 2 nitrogen and oxygen atoms in total. The van der Waals surface area contributed by atoms with Crippen molar-refractivity contribution in [1.82, 2.24) is 0 Å². The van der Waals surface area contributed by atoms with Crippen LogP contribution in [0.3, 0.4) is 0 Å². The van der Waals surface area contributed by atoms with E-state index < -0.39 is 0 Å². The molecule has 0 radical (unpaired) electrons. The standard InChI is InChI=1S/C15H12BrClN2/c1-19(14-4-2-3-11(7-14)9-18)10-12-5-6-13(16)8-15(12)17/h2-8H,10H2,1H3. The van der Waals surface area contributed by atoms with Crippen molar-refractivity contribution < 1.29 is 0 Å². The first-order chi connectivity index (χ1) is 9.10. The van der Waals surface area contributed by atoms with Crippen molar-refractivity contribution in [3.8, 4) is 6.07 Å². The Bertz CT molecular complexity index is 634. The molecule has 0 spiro atoms. The first kappa shape index (κ1) is 13.9. The fourth-order valence-corrected chi connectivity index (χ4v) is 2.54. The Morgan fingerprint density at radius 1 is 1.26 bits per heavy atom. The van der Waals surface area contributed by atoms with Gasteiger partial charge < -0.3 is 4.90 Å². The van der Waals surface area contributed by atoms with Gasteiger partial charge in [0.1, 0.15) is 0 Å². The minimum absolute atomic E-state index is 0.659. The summed E-state index contributed by atoms with van der Waals surface area (Å²) >= 11 is 9.60. The van der Waals surface area contributed by atoms with Gasteiger partial charge in [-0.15, -0.1) is 0 Å². The van der Waals surface area contributed by atoms with Crippen LogP contribution in [-0.4, -0.2) is 7.05 Å². The van der Waals surface area contributed by atoms with Crippen molar-refractivity contribution in [2.24, 2.45) is 0 Å². The molecule has 2 rings (SSSR count). The molecule has 0 saturated heterocycles. The Balaban J connectivity index is 2.20. The predicted octanol–water partition coefficient (Wildman–Crippen LogP) is 4.61. The number of rotatable bonds is 3. The molecule has 0 amide bonds. The minimum atomic E-state index is 0.659. The molecule has 0 aliphatic heterocycles. The second-order valence-corrected chi connectivity index (χ2v) is 5.58. The third-order valence-electron chi connectivity index (χ3n) is 2.84. The molecule has 0 bridgehead atoms. The smallest absolute Gasteiger partial charge is 0.0992 e. The summed E-state index contributed by atoms with van der Waals surface area (Å²) in [6, 6.07) is 15.5. The highest BCUT2D eigenvalue weighted by molar-refractivity contribution is 9.10. The number of halogens is 2. The molecule has 0 N–H and O–H groups in total. The summed E-state index contributed by atoms with van der Waals surface area (Å²) in [6.45, 7) is 0.695. The third-order valence-corrected chi connectivity index (χ3v) is 3.68. The number of hydrogen-bond donors (Lipinski definition) is 0. The van der Waals surface area contributed by atoms with E-state index in [-0.39, 0.29) is 0 Å². The molecular formula is C15H12BrClN2. The van der Waals surface area contributed by atoms with Gasteiger partial charge in [0.15, 0.2) is 0 Å². The van der Waals surface area contributed by atoms with Gasteiger partial charge in [0.2, 0.25) is 0 Å². The quantitative estimate of drug-likeness (QED) is 0.819. The number of hydrogen-bond acceptors (Lipinski definition) is 2. The summed E-state index contributed by atoms with van der Waals surface area (Å²) in [5.74, 6) is 0. The number of nitriles is 1. The van der Waals surface area contributed by atoms with Crippen LogP contribution in [0.25, 0.3) is 0 Å². The van der Waals surface area contributed by atoms with E-state index in [4.69, 9.17) is 16.9 Å². The lowest BCUT2D eigenvalue weighted by Gasteiger charge is -2.20. The van der Waals surface area contributed by atoms with Crippen LogP contribution in [0.4, 0.5) is 5.69 Å². The fourth-order valence-electron chi connectivity index (χ4n) is 1.81. The minimum Gasteiger partial charge on any atom is -0.370 e. The largest absolute Gasteiger partial charge is 0.370 e. The first-order valence-electron chi connectivity index (χ1n) is 5.75. The zero-order valence-electron chi connectivity index (χ0n) is 10.4. The van der Waals surface area contributed by atoms with E-state index in [1.54, 1.807) is 6.07 Å². The van der Waals surface area contributed by atoms with Crippen molar-refractivity contribution in [1.29, 1.82) is 5.26 Å². The van der Waals surface area contributed by atoms with E-state index in [1.807, 2.05) is 43.4 Å². The molecule has 4 heteroatoms. The number of nitrogens with zero attached hydrogens (tertiary/aromatic N) is 2. The van der Waals surface area contributed by atoms with Crippen LogP contribution in [0.2, 0.25) is 5.02 Å². The molecule has 0 heterocycles. The molecule has 2 aromatic rings. The highest BCUT2D eigenvalue weighted by Gasteiger charge is 2.06. The summed E-state index contributed by atoms with van der Waals surface area (Å²) < 4.78 is 0.968. The van der Waals surface area contributed by atoms with E-state index in [2.05, 4.69) is 26.9 Å².